The number of hydrogen-bond donors (Lipinski definition) is 1. The molecule has 1 N–H and O–H groups in total. The van der Waals surface area contributed by atoms with E-state index in [-0.39, 0.29) is 5.54 Å². The summed E-state index contributed by atoms with van der Waals surface area (Å²) >= 11 is 1.84. The number of aromatic nitrogens is 1. The molecule has 0 saturated heterocycles. The monoisotopic (exact) mass is 266 g/mol. The van der Waals surface area contributed by atoms with E-state index in [0.717, 1.165) is 11.8 Å². The zero-order valence-corrected chi connectivity index (χ0v) is 13.1. The lowest BCUT2D eigenvalue weighted by molar-refractivity contribution is 0.148. The molecule has 3 unspecified atom stereocenters. The molecule has 3 atom stereocenters. The Kier molecular flexibility index (Phi) is 4.12. The SMILES string of the molecule is CNC1(c2nc(C(C)C)cs2)CCC(C)C(C)C1. The Hall–Kier alpha value is -0.410. The predicted molar refractivity (Wildman–Crippen MR) is 79.1 cm³/mol. The molecule has 2 rings (SSSR count). The fourth-order valence-corrected chi connectivity index (χ4v) is 4.14. The molecule has 1 aromatic heterocycles. The maximum Gasteiger partial charge on any atom is 0.113 e. The number of rotatable bonds is 3. The lowest BCUT2D eigenvalue weighted by atomic mass is 9.71. The van der Waals surface area contributed by atoms with Gasteiger partial charge < -0.3 is 5.32 Å². The molecule has 1 saturated carbocycles. The van der Waals surface area contributed by atoms with E-state index in [1.807, 2.05) is 11.3 Å². The van der Waals surface area contributed by atoms with Crippen molar-refractivity contribution in [2.24, 2.45) is 11.8 Å². The van der Waals surface area contributed by atoms with Crippen molar-refractivity contribution in [3.8, 4) is 0 Å². The van der Waals surface area contributed by atoms with Gasteiger partial charge >= 0.3 is 0 Å². The Morgan fingerprint density at radius 2 is 2.11 bits per heavy atom. The Morgan fingerprint density at radius 3 is 2.61 bits per heavy atom. The van der Waals surface area contributed by atoms with Crippen LogP contribution in [0.3, 0.4) is 0 Å². The zero-order chi connectivity index (χ0) is 13.3. The van der Waals surface area contributed by atoms with E-state index < -0.39 is 0 Å². The molecular weight excluding hydrogens is 240 g/mol. The number of nitrogens with one attached hydrogen (secondary N) is 1. The van der Waals surface area contributed by atoms with Crippen LogP contribution in [-0.4, -0.2) is 12.0 Å². The van der Waals surface area contributed by atoms with Gasteiger partial charge in [0.05, 0.1) is 11.2 Å². The number of hydrogen-bond acceptors (Lipinski definition) is 3. The summed E-state index contributed by atoms with van der Waals surface area (Å²) < 4.78 is 0. The minimum Gasteiger partial charge on any atom is -0.308 e. The first-order chi connectivity index (χ1) is 8.48. The second-order valence-corrected chi connectivity index (χ2v) is 7.12. The van der Waals surface area contributed by atoms with Crippen LogP contribution in [0.25, 0.3) is 0 Å². The van der Waals surface area contributed by atoms with Crippen molar-refractivity contribution in [2.75, 3.05) is 7.05 Å². The average Bonchev–Trinajstić information content (AvgIpc) is 2.83. The van der Waals surface area contributed by atoms with Crippen LogP contribution in [0.15, 0.2) is 5.38 Å². The van der Waals surface area contributed by atoms with Crippen LogP contribution in [0.1, 0.15) is 63.6 Å². The fraction of sp³-hybridized carbons (Fsp3) is 0.800. The van der Waals surface area contributed by atoms with Crippen LogP contribution >= 0.6 is 11.3 Å². The van der Waals surface area contributed by atoms with Gasteiger partial charge in [-0.2, -0.15) is 0 Å². The van der Waals surface area contributed by atoms with Crippen LogP contribution < -0.4 is 5.32 Å². The molecule has 1 aromatic rings. The van der Waals surface area contributed by atoms with Crippen molar-refractivity contribution >= 4 is 11.3 Å². The van der Waals surface area contributed by atoms with Gasteiger partial charge in [-0.15, -0.1) is 11.3 Å². The van der Waals surface area contributed by atoms with Crippen LogP contribution in [0.4, 0.5) is 0 Å². The van der Waals surface area contributed by atoms with Crippen molar-refractivity contribution in [3.63, 3.8) is 0 Å². The maximum atomic E-state index is 4.89. The summed E-state index contributed by atoms with van der Waals surface area (Å²) in [6, 6.07) is 0. The van der Waals surface area contributed by atoms with Crippen molar-refractivity contribution in [2.45, 2.75) is 58.4 Å². The Bertz CT molecular complexity index is 399. The summed E-state index contributed by atoms with van der Waals surface area (Å²) in [6.45, 7) is 9.20. The number of thiazole rings is 1. The van der Waals surface area contributed by atoms with Gasteiger partial charge in [-0.05, 0) is 44.1 Å². The molecule has 0 aromatic carbocycles. The van der Waals surface area contributed by atoms with Gasteiger partial charge in [0.2, 0.25) is 0 Å². The van der Waals surface area contributed by atoms with E-state index in [1.54, 1.807) is 0 Å². The van der Waals surface area contributed by atoms with Crippen molar-refractivity contribution in [1.29, 1.82) is 0 Å². The lowest BCUT2D eigenvalue weighted by Crippen LogP contribution is -2.45. The molecule has 0 bridgehead atoms. The third-order valence-electron chi connectivity index (χ3n) is 4.67. The van der Waals surface area contributed by atoms with Crippen molar-refractivity contribution in [3.05, 3.63) is 16.1 Å². The standard InChI is InChI=1S/C15H26N2S/c1-10(2)13-9-18-14(17-13)15(16-5)7-6-11(3)12(4)8-15/h9-12,16H,6-8H2,1-5H3. The molecule has 1 heterocycles. The van der Waals surface area contributed by atoms with Gasteiger partial charge in [0.1, 0.15) is 5.01 Å². The minimum atomic E-state index is 0.129. The first-order valence-corrected chi connectivity index (χ1v) is 8.01. The summed E-state index contributed by atoms with van der Waals surface area (Å²) in [4.78, 5) is 4.89. The quantitative estimate of drug-likeness (QED) is 0.889. The molecular formula is C15H26N2S. The summed E-state index contributed by atoms with van der Waals surface area (Å²) in [5, 5.41) is 7.12. The summed E-state index contributed by atoms with van der Waals surface area (Å²) in [7, 11) is 2.10. The summed E-state index contributed by atoms with van der Waals surface area (Å²) in [6.07, 6.45) is 3.74. The van der Waals surface area contributed by atoms with Crippen LogP contribution in [-0.2, 0) is 5.54 Å². The van der Waals surface area contributed by atoms with E-state index in [0.29, 0.717) is 5.92 Å². The molecule has 0 radical (unpaired) electrons. The van der Waals surface area contributed by atoms with Gasteiger partial charge in [-0.3, -0.25) is 0 Å². The largest absolute Gasteiger partial charge is 0.308 e. The second-order valence-electron chi connectivity index (χ2n) is 6.26. The summed E-state index contributed by atoms with van der Waals surface area (Å²) in [5.74, 6) is 2.15. The topological polar surface area (TPSA) is 24.9 Å². The highest BCUT2D eigenvalue weighted by Crippen LogP contribution is 2.43. The number of nitrogens with zero attached hydrogens (tertiary/aromatic N) is 1. The molecule has 1 aliphatic rings. The van der Waals surface area contributed by atoms with Gasteiger partial charge in [-0.25, -0.2) is 4.98 Å². The fourth-order valence-electron chi connectivity index (χ4n) is 2.91. The summed E-state index contributed by atoms with van der Waals surface area (Å²) in [5.41, 5.74) is 1.37. The molecule has 102 valence electrons. The molecule has 3 heteroatoms. The highest BCUT2D eigenvalue weighted by Gasteiger charge is 2.40. The normalized spacial score (nSPS) is 33.0. The first kappa shape index (κ1) is 14.0. The van der Waals surface area contributed by atoms with Gasteiger partial charge in [-0.1, -0.05) is 27.7 Å². The maximum absolute atomic E-state index is 4.89. The smallest absolute Gasteiger partial charge is 0.113 e. The van der Waals surface area contributed by atoms with Crippen molar-refractivity contribution in [1.82, 2.24) is 10.3 Å². The molecule has 2 nitrogen and oxygen atoms in total. The first-order valence-electron chi connectivity index (χ1n) is 7.13. The lowest BCUT2D eigenvalue weighted by Gasteiger charge is -2.41. The third kappa shape index (κ3) is 2.48. The minimum absolute atomic E-state index is 0.129. The van der Waals surface area contributed by atoms with Crippen LogP contribution in [0.5, 0.6) is 0 Å². The average molecular weight is 266 g/mol. The van der Waals surface area contributed by atoms with E-state index in [2.05, 4.69) is 45.4 Å². The zero-order valence-electron chi connectivity index (χ0n) is 12.3. The van der Waals surface area contributed by atoms with E-state index in [9.17, 15) is 0 Å². The highest BCUT2D eigenvalue weighted by molar-refractivity contribution is 7.09. The van der Waals surface area contributed by atoms with Gasteiger partial charge in [0, 0.05) is 5.38 Å². The Labute approximate surface area is 115 Å². The Morgan fingerprint density at radius 1 is 1.39 bits per heavy atom. The van der Waals surface area contributed by atoms with E-state index in [1.165, 1.54) is 30.0 Å². The predicted octanol–water partition coefficient (Wildman–Crippen LogP) is 4.14. The highest BCUT2D eigenvalue weighted by atomic mass is 32.1. The van der Waals surface area contributed by atoms with Gasteiger partial charge in [0.25, 0.3) is 0 Å². The second kappa shape index (κ2) is 5.30. The van der Waals surface area contributed by atoms with Crippen LogP contribution in [0.2, 0.25) is 0 Å². The van der Waals surface area contributed by atoms with Crippen molar-refractivity contribution < 1.29 is 0 Å². The van der Waals surface area contributed by atoms with E-state index in [4.69, 9.17) is 4.98 Å². The Balaban J connectivity index is 2.26. The molecule has 0 amide bonds. The third-order valence-corrected chi connectivity index (χ3v) is 5.73. The molecule has 18 heavy (non-hydrogen) atoms. The molecule has 0 spiro atoms. The molecule has 1 fully saturated rings. The van der Waals surface area contributed by atoms with Gasteiger partial charge in [0.15, 0.2) is 0 Å². The molecule has 1 aliphatic carbocycles. The van der Waals surface area contributed by atoms with Crippen LogP contribution in [0, 0.1) is 11.8 Å². The molecule has 0 aliphatic heterocycles. The van der Waals surface area contributed by atoms with E-state index >= 15 is 0 Å².